The maximum Gasteiger partial charge on any atom is 0.266 e. The van der Waals surface area contributed by atoms with Gasteiger partial charge in [0.05, 0.1) is 4.91 Å². The molecule has 1 aromatic carbocycles. The second-order valence-corrected chi connectivity index (χ2v) is 6.42. The molecule has 1 amide bonds. The molecular formula is C14H15NO2S2. The van der Waals surface area contributed by atoms with Gasteiger partial charge in [0, 0.05) is 12.1 Å². The van der Waals surface area contributed by atoms with E-state index >= 15 is 0 Å². The van der Waals surface area contributed by atoms with Crippen LogP contribution >= 0.6 is 24.0 Å². The molecule has 1 saturated heterocycles. The highest BCUT2D eigenvalue weighted by Gasteiger charge is 2.32. The van der Waals surface area contributed by atoms with Gasteiger partial charge >= 0.3 is 0 Å². The van der Waals surface area contributed by atoms with E-state index in [2.05, 4.69) is 0 Å². The van der Waals surface area contributed by atoms with Crippen molar-refractivity contribution in [1.29, 1.82) is 0 Å². The Morgan fingerprint density at radius 3 is 2.74 bits per heavy atom. The minimum atomic E-state index is -0.0769. The Labute approximate surface area is 122 Å². The van der Waals surface area contributed by atoms with Crippen molar-refractivity contribution in [3.05, 3.63) is 34.7 Å². The number of amides is 1. The third kappa shape index (κ3) is 3.16. The number of aromatic hydroxyl groups is 1. The van der Waals surface area contributed by atoms with Crippen LogP contribution in [0.5, 0.6) is 5.75 Å². The fourth-order valence-electron chi connectivity index (χ4n) is 1.77. The molecule has 2 rings (SSSR count). The van der Waals surface area contributed by atoms with Gasteiger partial charge in [-0.1, -0.05) is 56.0 Å². The van der Waals surface area contributed by atoms with E-state index < -0.39 is 0 Å². The summed E-state index contributed by atoms with van der Waals surface area (Å²) in [5.74, 6) is 0.454. The molecule has 0 bridgehead atoms. The van der Waals surface area contributed by atoms with Gasteiger partial charge < -0.3 is 5.11 Å². The third-order valence-corrected chi connectivity index (χ3v) is 4.02. The number of benzene rings is 1. The van der Waals surface area contributed by atoms with Crippen LogP contribution in [0.3, 0.4) is 0 Å². The van der Waals surface area contributed by atoms with E-state index in [1.807, 2.05) is 19.9 Å². The first-order chi connectivity index (χ1) is 8.99. The molecule has 0 atom stereocenters. The second kappa shape index (κ2) is 5.75. The van der Waals surface area contributed by atoms with Crippen molar-refractivity contribution in [2.24, 2.45) is 5.92 Å². The zero-order chi connectivity index (χ0) is 14.0. The molecule has 1 aliphatic rings. The maximum absolute atomic E-state index is 12.2. The van der Waals surface area contributed by atoms with E-state index in [0.29, 0.717) is 27.3 Å². The molecule has 3 nitrogen and oxygen atoms in total. The van der Waals surface area contributed by atoms with Crippen molar-refractivity contribution in [1.82, 2.24) is 4.90 Å². The zero-order valence-corrected chi connectivity index (χ0v) is 12.4. The topological polar surface area (TPSA) is 40.5 Å². The lowest BCUT2D eigenvalue weighted by molar-refractivity contribution is -0.122. The lowest BCUT2D eigenvalue weighted by Gasteiger charge is -2.16. The molecular weight excluding hydrogens is 278 g/mol. The minimum Gasteiger partial charge on any atom is -0.507 e. The van der Waals surface area contributed by atoms with Gasteiger partial charge in [-0.15, -0.1) is 0 Å². The lowest BCUT2D eigenvalue weighted by Crippen LogP contribution is -2.31. The van der Waals surface area contributed by atoms with Crippen LogP contribution in [-0.4, -0.2) is 26.8 Å². The van der Waals surface area contributed by atoms with Gasteiger partial charge in [0.15, 0.2) is 0 Å². The minimum absolute atomic E-state index is 0.0769. The quantitative estimate of drug-likeness (QED) is 0.686. The normalized spacial score (nSPS) is 17.8. The molecule has 0 saturated carbocycles. The van der Waals surface area contributed by atoms with Crippen molar-refractivity contribution in [3.63, 3.8) is 0 Å². The van der Waals surface area contributed by atoms with Crippen LogP contribution in [0.15, 0.2) is 29.2 Å². The average molecular weight is 293 g/mol. The van der Waals surface area contributed by atoms with E-state index in [4.69, 9.17) is 12.2 Å². The van der Waals surface area contributed by atoms with E-state index in [0.717, 1.165) is 0 Å². The summed E-state index contributed by atoms with van der Waals surface area (Å²) in [7, 11) is 0. The first-order valence-corrected chi connectivity index (χ1v) is 7.25. The van der Waals surface area contributed by atoms with E-state index in [1.165, 1.54) is 11.8 Å². The molecule has 1 heterocycles. The molecule has 5 heteroatoms. The SMILES string of the molecule is CC(C)CN1C(=O)/C(=C\c2ccccc2O)SC1=S. The highest BCUT2D eigenvalue weighted by molar-refractivity contribution is 8.26. The van der Waals surface area contributed by atoms with Crippen LogP contribution in [0.25, 0.3) is 6.08 Å². The summed E-state index contributed by atoms with van der Waals surface area (Å²) in [6, 6.07) is 6.93. The number of hydrogen-bond acceptors (Lipinski definition) is 4. The predicted molar refractivity (Wildman–Crippen MR) is 82.8 cm³/mol. The standard InChI is InChI=1S/C14H15NO2S2/c1-9(2)8-15-13(17)12(19-14(15)18)7-10-5-3-4-6-11(10)16/h3-7,9,16H,8H2,1-2H3/b12-7+. The van der Waals surface area contributed by atoms with Gasteiger partial charge in [-0.05, 0) is 18.1 Å². The third-order valence-electron chi connectivity index (χ3n) is 2.64. The summed E-state index contributed by atoms with van der Waals surface area (Å²) >= 11 is 6.51. The largest absolute Gasteiger partial charge is 0.507 e. The van der Waals surface area contributed by atoms with Crippen molar-refractivity contribution in [3.8, 4) is 5.75 Å². The lowest BCUT2D eigenvalue weighted by atomic mass is 10.2. The van der Waals surface area contributed by atoms with Crippen LogP contribution < -0.4 is 0 Å². The zero-order valence-electron chi connectivity index (χ0n) is 10.8. The summed E-state index contributed by atoms with van der Waals surface area (Å²) < 4.78 is 0.584. The van der Waals surface area contributed by atoms with E-state index in [-0.39, 0.29) is 11.7 Å². The molecule has 0 aromatic heterocycles. The van der Waals surface area contributed by atoms with Crippen molar-refractivity contribution >= 4 is 40.3 Å². The Morgan fingerprint density at radius 1 is 1.42 bits per heavy atom. The Hall–Kier alpha value is -1.33. The summed E-state index contributed by atoms with van der Waals surface area (Å²) in [6.07, 6.45) is 1.69. The van der Waals surface area contributed by atoms with Gasteiger partial charge in [-0.25, -0.2) is 0 Å². The molecule has 1 N–H and O–H groups in total. The fourth-order valence-corrected chi connectivity index (χ4v) is 3.04. The molecule has 1 fully saturated rings. The van der Waals surface area contributed by atoms with Crippen LogP contribution in [0.4, 0.5) is 0 Å². The molecule has 1 aliphatic heterocycles. The number of carbonyl (C=O) groups excluding carboxylic acids is 1. The molecule has 100 valence electrons. The molecule has 0 aliphatic carbocycles. The summed E-state index contributed by atoms with van der Waals surface area (Å²) in [5.41, 5.74) is 0.632. The smallest absolute Gasteiger partial charge is 0.266 e. The maximum atomic E-state index is 12.2. The number of rotatable bonds is 3. The van der Waals surface area contributed by atoms with E-state index in [1.54, 1.807) is 29.2 Å². The summed E-state index contributed by atoms with van der Waals surface area (Å²) in [6.45, 7) is 4.72. The number of para-hydroxylation sites is 1. The molecule has 0 spiro atoms. The van der Waals surface area contributed by atoms with Gasteiger partial charge in [-0.3, -0.25) is 9.69 Å². The number of carbonyl (C=O) groups is 1. The van der Waals surface area contributed by atoms with Crippen LogP contribution in [0.1, 0.15) is 19.4 Å². The van der Waals surface area contributed by atoms with Crippen molar-refractivity contribution in [2.75, 3.05) is 6.54 Å². The highest BCUT2D eigenvalue weighted by Crippen LogP contribution is 2.34. The monoisotopic (exact) mass is 293 g/mol. The Balaban J connectivity index is 2.26. The van der Waals surface area contributed by atoms with Crippen molar-refractivity contribution < 1.29 is 9.90 Å². The molecule has 0 radical (unpaired) electrons. The van der Waals surface area contributed by atoms with Gasteiger partial charge in [0.2, 0.25) is 0 Å². The Morgan fingerprint density at radius 2 is 2.11 bits per heavy atom. The number of nitrogens with zero attached hydrogens (tertiary/aromatic N) is 1. The predicted octanol–water partition coefficient (Wildman–Crippen LogP) is 3.25. The van der Waals surface area contributed by atoms with E-state index in [9.17, 15) is 9.90 Å². The number of hydrogen-bond donors (Lipinski definition) is 1. The Kier molecular flexibility index (Phi) is 4.27. The summed E-state index contributed by atoms with van der Waals surface area (Å²) in [5, 5.41) is 9.72. The Bertz CT molecular complexity index is 552. The molecule has 19 heavy (non-hydrogen) atoms. The number of phenolic OH excluding ortho intramolecular Hbond substituents is 1. The summed E-state index contributed by atoms with van der Waals surface area (Å²) in [4.78, 5) is 14.4. The fraction of sp³-hybridized carbons (Fsp3) is 0.286. The first kappa shape index (κ1) is 14.1. The average Bonchev–Trinajstić information content (AvgIpc) is 2.60. The number of thiocarbonyl (C=S) groups is 1. The number of thioether (sulfide) groups is 1. The van der Waals surface area contributed by atoms with Crippen LogP contribution in [0.2, 0.25) is 0 Å². The van der Waals surface area contributed by atoms with Gasteiger partial charge in [0.1, 0.15) is 10.1 Å². The van der Waals surface area contributed by atoms with Crippen molar-refractivity contribution in [2.45, 2.75) is 13.8 Å². The van der Waals surface area contributed by atoms with Gasteiger partial charge in [-0.2, -0.15) is 0 Å². The van der Waals surface area contributed by atoms with Crippen LogP contribution in [0, 0.1) is 5.92 Å². The van der Waals surface area contributed by atoms with Gasteiger partial charge in [0.25, 0.3) is 5.91 Å². The first-order valence-electron chi connectivity index (χ1n) is 6.02. The highest BCUT2D eigenvalue weighted by atomic mass is 32.2. The number of phenols is 1. The molecule has 0 unspecified atom stereocenters. The molecule has 1 aromatic rings. The van der Waals surface area contributed by atoms with Crippen LogP contribution in [-0.2, 0) is 4.79 Å². The second-order valence-electron chi connectivity index (χ2n) is 4.74.